The van der Waals surface area contributed by atoms with Crippen LogP contribution >= 0.6 is 11.6 Å². The molecule has 2 aromatic rings. The van der Waals surface area contributed by atoms with Crippen molar-refractivity contribution in [1.29, 1.82) is 0 Å². The summed E-state index contributed by atoms with van der Waals surface area (Å²) in [5.41, 5.74) is 0.708. The van der Waals surface area contributed by atoms with E-state index in [0.717, 1.165) is 0 Å². The molecule has 0 fully saturated rings. The summed E-state index contributed by atoms with van der Waals surface area (Å²) in [5.74, 6) is -0.658. The zero-order chi connectivity index (χ0) is 19.1. The molecule has 0 aliphatic heterocycles. The number of ether oxygens (including phenoxy) is 1. The Morgan fingerprint density at radius 3 is 2.58 bits per heavy atom. The fraction of sp³-hybridized carbons (Fsp3) is 0.263. The summed E-state index contributed by atoms with van der Waals surface area (Å²) in [5, 5.41) is 5.80. The first kappa shape index (κ1) is 19.7. The average Bonchev–Trinajstić information content (AvgIpc) is 2.60. The Morgan fingerprint density at radius 2 is 1.88 bits per heavy atom. The van der Waals surface area contributed by atoms with Crippen molar-refractivity contribution < 1.29 is 18.7 Å². The van der Waals surface area contributed by atoms with E-state index in [2.05, 4.69) is 10.6 Å². The van der Waals surface area contributed by atoms with Crippen molar-refractivity contribution >= 4 is 23.4 Å². The fourth-order valence-corrected chi connectivity index (χ4v) is 2.32. The molecule has 0 radical (unpaired) electrons. The highest BCUT2D eigenvalue weighted by molar-refractivity contribution is 6.30. The molecule has 0 spiro atoms. The molecule has 2 rings (SSSR count). The van der Waals surface area contributed by atoms with Gasteiger partial charge in [-0.25, -0.2) is 4.39 Å². The van der Waals surface area contributed by atoms with Crippen LogP contribution in [-0.4, -0.2) is 31.0 Å². The first-order valence-electron chi connectivity index (χ1n) is 8.11. The minimum absolute atomic E-state index is 0.212. The number of benzene rings is 2. The Kier molecular flexibility index (Phi) is 6.97. The van der Waals surface area contributed by atoms with Gasteiger partial charge in [0.15, 0.2) is 6.10 Å². The highest BCUT2D eigenvalue weighted by Crippen LogP contribution is 2.18. The lowest BCUT2D eigenvalue weighted by atomic mass is 10.1. The Hall–Kier alpha value is -2.60. The Bertz CT molecular complexity index is 798. The quantitative estimate of drug-likeness (QED) is 0.727. The Morgan fingerprint density at radius 1 is 1.15 bits per heavy atom. The normalized spacial score (nSPS) is 11.5. The van der Waals surface area contributed by atoms with Crippen LogP contribution in [0.25, 0.3) is 0 Å². The third-order valence-electron chi connectivity index (χ3n) is 3.62. The van der Waals surface area contributed by atoms with Crippen LogP contribution in [0.5, 0.6) is 5.75 Å². The second-order valence-electron chi connectivity index (χ2n) is 5.73. The number of carbonyl (C=O) groups excluding carboxylic acids is 2. The van der Waals surface area contributed by atoms with Crippen molar-refractivity contribution in [3.63, 3.8) is 0 Å². The zero-order valence-electron chi connectivity index (χ0n) is 14.5. The predicted octanol–water partition coefficient (Wildman–Crippen LogP) is 3.10. The highest BCUT2D eigenvalue weighted by atomic mass is 35.5. The number of amides is 2. The standard InChI is InChI=1S/C19H20ClFN2O3/c1-12-6-7-14(10-17(12)21)19(25)23-9-8-22-18(24)13(2)26-16-5-3-4-15(20)11-16/h3-7,10-11,13H,8-9H2,1-2H3,(H,22,24)(H,23,25). The number of rotatable bonds is 7. The Balaban J connectivity index is 1.73. The second-order valence-corrected chi connectivity index (χ2v) is 6.16. The van der Waals surface area contributed by atoms with Crippen LogP contribution in [-0.2, 0) is 4.79 Å². The molecule has 2 aromatic carbocycles. The zero-order valence-corrected chi connectivity index (χ0v) is 15.3. The van der Waals surface area contributed by atoms with Gasteiger partial charge >= 0.3 is 0 Å². The lowest BCUT2D eigenvalue weighted by Crippen LogP contribution is -2.40. The van der Waals surface area contributed by atoms with Gasteiger partial charge < -0.3 is 15.4 Å². The van der Waals surface area contributed by atoms with E-state index in [-0.39, 0.29) is 24.6 Å². The van der Waals surface area contributed by atoms with Gasteiger partial charge in [-0.3, -0.25) is 9.59 Å². The van der Waals surface area contributed by atoms with E-state index < -0.39 is 17.8 Å². The van der Waals surface area contributed by atoms with Crippen LogP contribution in [0.3, 0.4) is 0 Å². The first-order valence-corrected chi connectivity index (χ1v) is 8.49. The molecule has 0 saturated heterocycles. The van der Waals surface area contributed by atoms with Crippen LogP contribution in [0, 0.1) is 12.7 Å². The van der Waals surface area contributed by atoms with Crippen molar-refractivity contribution in [2.45, 2.75) is 20.0 Å². The summed E-state index contributed by atoms with van der Waals surface area (Å²) < 4.78 is 19.0. The molecular formula is C19H20ClFN2O3. The molecule has 2 amide bonds. The molecule has 2 N–H and O–H groups in total. The number of nitrogens with one attached hydrogen (secondary N) is 2. The monoisotopic (exact) mass is 378 g/mol. The van der Waals surface area contributed by atoms with Gasteiger partial charge in [-0.05, 0) is 49.7 Å². The van der Waals surface area contributed by atoms with Crippen molar-refractivity contribution in [2.24, 2.45) is 0 Å². The summed E-state index contributed by atoms with van der Waals surface area (Å²) in [4.78, 5) is 23.9. The molecule has 0 aliphatic rings. The van der Waals surface area contributed by atoms with Crippen LogP contribution in [0.15, 0.2) is 42.5 Å². The molecule has 1 atom stereocenters. The topological polar surface area (TPSA) is 67.4 Å². The molecule has 0 aromatic heterocycles. The summed E-state index contributed by atoms with van der Waals surface area (Å²) in [6, 6.07) is 11.0. The third kappa shape index (κ3) is 5.74. The fourth-order valence-electron chi connectivity index (χ4n) is 2.14. The minimum Gasteiger partial charge on any atom is -0.481 e. The van der Waals surface area contributed by atoms with Gasteiger partial charge in [-0.15, -0.1) is 0 Å². The molecule has 7 heteroatoms. The lowest BCUT2D eigenvalue weighted by molar-refractivity contribution is -0.127. The summed E-state index contributed by atoms with van der Waals surface area (Å²) in [7, 11) is 0. The highest BCUT2D eigenvalue weighted by Gasteiger charge is 2.14. The summed E-state index contributed by atoms with van der Waals surface area (Å²) >= 11 is 5.86. The molecule has 1 unspecified atom stereocenters. The van der Waals surface area contributed by atoms with E-state index >= 15 is 0 Å². The summed E-state index contributed by atoms with van der Waals surface area (Å²) in [6.07, 6.45) is -0.713. The number of hydrogen-bond acceptors (Lipinski definition) is 3. The van der Waals surface area contributed by atoms with Crippen LogP contribution in [0.2, 0.25) is 5.02 Å². The summed E-state index contributed by atoms with van der Waals surface area (Å²) in [6.45, 7) is 3.68. The van der Waals surface area contributed by atoms with Crippen LogP contribution in [0.1, 0.15) is 22.8 Å². The van der Waals surface area contributed by atoms with Gasteiger partial charge in [0.25, 0.3) is 11.8 Å². The van der Waals surface area contributed by atoms with Crippen molar-refractivity contribution in [1.82, 2.24) is 10.6 Å². The van der Waals surface area contributed by atoms with Crippen molar-refractivity contribution in [2.75, 3.05) is 13.1 Å². The van der Waals surface area contributed by atoms with Gasteiger partial charge in [0.1, 0.15) is 11.6 Å². The number of hydrogen-bond donors (Lipinski definition) is 2. The van der Waals surface area contributed by atoms with E-state index in [9.17, 15) is 14.0 Å². The van der Waals surface area contributed by atoms with Crippen LogP contribution < -0.4 is 15.4 Å². The average molecular weight is 379 g/mol. The van der Waals surface area contributed by atoms with Gasteiger partial charge in [-0.2, -0.15) is 0 Å². The molecule has 138 valence electrons. The predicted molar refractivity (Wildman–Crippen MR) is 98.0 cm³/mol. The third-order valence-corrected chi connectivity index (χ3v) is 3.86. The maximum Gasteiger partial charge on any atom is 0.260 e. The lowest BCUT2D eigenvalue weighted by Gasteiger charge is -2.15. The van der Waals surface area contributed by atoms with Crippen molar-refractivity contribution in [3.05, 3.63) is 64.4 Å². The molecule has 26 heavy (non-hydrogen) atoms. The smallest absolute Gasteiger partial charge is 0.260 e. The second kappa shape index (κ2) is 9.20. The molecular weight excluding hydrogens is 359 g/mol. The van der Waals surface area contributed by atoms with E-state index in [1.54, 1.807) is 50.2 Å². The van der Waals surface area contributed by atoms with E-state index in [1.807, 2.05) is 0 Å². The number of carbonyl (C=O) groups is 2. The van der Waals surface area contributed by atoms with E-state index in [0.29, 0.717) is 16.3 Å². The number of aryl methyl sites for hydroxylation is 1. The van der Waals surface area contributed by atoms with E-state index in [1.165, 1.54) is 6.07 Å². The SMILES string of the molecule is Cc1ccc(C(=O)NCCNC(=O)C(C)Oc2cccc(Cl)c2)cc1F. The number of halogens is 2. The Labute approximate surface area is 156 Å². The maximum absolute atomic E-state index is 13.5. The molecule has 0 heterocycles. The van der Waals surface area contributed by atoms with Crippen LogP contribution in [0.4, 0.5) is 4.39 Å². The van der Waals surface area contributed by atoms with Gasteiger partial charge in [-0.1, -0.05) is 23.7 Å². The molecule has 0 aliphatic carbocycles. The largest absolute Gasteiger partial charge is 0.481 e. The maximum atomic E-state index is 13.5. The molecule has 5 nitrogen and oxygen atoms in total. The van der Waals surface area contributed by atoms with Gasteiger partial charge in [0, 0.05) is 23.7 Å². The van der Waals surface area contributed by atoms with Crippen molar-refractivity contribution in [3.8, 4) is 5.75 Å². The molecule has 0 bridgehead atoms. The minimum atomic E-state index is -0.713. The first-order chi connectivity index (χ1) is 12.4. The van der Waals surface area contributed by atoms with Gasteiger partial charge in [0.05, 0.1) is 0 Å². The van der Waals surface area contributed by atoms with Gasteiger partial charge in [0.2, 0.25) is 0 Å². The molecule has 0 saturated carbocycles. The van der Waals surface area contributed by atoms with E-state index in [4.69, 9.17) is 16.3 Å².